The minimum absolute atomic E-state index is 0.0258. The van der Waals surface area contributed by atoms with Gasteiger partial charge < -0.3 is 4.74 Å². The van der Waals surface area contributed by atoms with E-state index in [0.717, 1.165) is 45.7 Å². The minimum Gasteiger partial charge on any atom is -0.444 e. The average Bonchev–Trinajstić information content (AvgIpc) is 3.29. The van der Waals surface area contributed by atoms with Crippen molar-refractivity contribution in [2.75, 3.05) is 5.32 Å². The van der Waals surface area contributed by atoms with Gasteiger partial charge in [0.15, 0.2) is 0 Å². The van der Waals surface area contributed by atoms with Gasteiger partial charge in [-0.1, -0.05) is 35.1 Å². The van der Waals surface area contributed by atoms with Crippen LogP contribution in [0.15, 0.2) is 42.1 Å². The number of hydrogen-bond donors (Lipinski definition) is 1. The van der Waals surface area contributed by atoms with Crippen molar-refractivity contribution in [3.8, 4) is 0 Å². The van der Waals surface area contributed by atoms with Gasteiger partial charge in [-0.05, 0) is 44.9 Å². The highest BCUT2D eigenvalue weighted by Gasteiger charge is 2.18. The number of rotatable bonds is 5. The molecule has 0 saturated heterocycles. The molecule has 0 bridgehead atoms. The summed E-state index contributed by atoms with van der Waals surface area (Å²) in [6.45, 7) is 7.00. The van der Waals surface area contributed by atoms with Crippen molar-refractivity contribution in [1.29, 1.82) is 0 Å². The van der Waals surface area contributed by atoms with Crippen LogP contribution in [0, 0.1) is 6.92 Å². The predicted octanol–water partition coefficient (Wildman–Crippen LogP) is 5.91. The average molecular weight is 443 g/mol. The lowest BCUT2D eigenvalue weighted by Crippen LogP contribution is -2.13. The van der Waals surface area contributed by atoms with Crippen LogP contribution in [0.3, 0.4) is 0 Å². The van der Waals surface area contributed by atoms with Crippen LogP contribution in [0.25, 0.3) is 16.5 Å². The number of halogens is 1. The molecule has 1 aliphatic carbocycles. The maximum Gasteiger partial charge on any atom is 0.412 e. The summed E-state index contributed by atoms with van der Waals surface area (Å²) in [5.74, 6) is 0. The molecule has 1 amide bonds. The SMILES string of the molecule is CCn1ncc2cc(COC(=O)Nc3sc(C4=C(C)CC(Cl)C=C4)nc3C)ccc21. The lowest BCUT2D eigenvalue weighted by Gasteiger charge is -2.14. The second-order valence-electron chi connectivity index (χ2n) is 7.26. The zero-order chi connectivity index (χ0) is 21.3. The fraction of sp³-hybridized carbons (Fsp3) is 0.318. The molecular weight excluding hydrogens is 420 g/mol. The van der Waals surface area contributed by atoms with E-state index in [1.54, 1.807) is 0 Å². The first kappa shape index (κ1) is 20.6. The molecule has 2 aromatic heterocycles. The van der Waals surface area contributed by atoms with Gasteiger partial charge in [-0.2, -0.15) is 5.10 Å². The third-order valence-corrected chi connectivity index (χ3v) is 6.46. The normalized spacial score (nSPS) is 16.3. The standard InChI is InChI=1S/C22H23ClN4O2S/c1-4-27-19-8-5-15(10-16(19)11-24-27)12-29-22(28)26-20-14(3)25-21(30-20)18-7-6-17(23)9-13(18)2/h5-8,10-11,17H,4,9,12H2,1-3H3,(H,26,28). The summed E-state index contributed by atoms with van der Waals surface area (Å²) in [5, 5.41) is 9.78. The number of amides is 1. The van der Waals surface area contributed by atoms with Crippen molar-refractivity contribution in [3.05, 3.63) is 58.4 Å². The van der Waals surface area contributed by atoms with Gasteiger partial charge >= 0.3 is 6.09 Å². The monoisotopic (exact) mass is 442 g/mol. The highest BCUT2D eigenvalue weighted by molar-refractivity contribution is 7.17. The number of carbonyl (C=O) groups excluding carboxylic acids is 1. The molecule has 4 rings (SSSR count). The number of aromatic nitrogens is 3. The van der Waals surface area contributed by atoms with E-state index in [1.165, 1.54) is 16.9 Å². The van der Waals surface area contributed by atoms with Crippen molar-refractivity contribution >= 4 is 50.5 Å². The van der Waals surface area contributed by atoms with Crippen LogP contribution in [0.4, 0.5) is 9.80 Å². The van der Waals surface area contributed by atoms with Crippen LogP contribution < -0.4 is 5.32 Å². The fourth-order valence-corrected chi connectivity index (χ4v) is 4.81. The first-order chi connectivity index (χ1) is 14.4. The Morgan fingerprint density at radius 3 is 3.00 bits per heavy atom. The molecular formula is C22H23ClN4O2S. The maximum absolute atomic E-state index is 12.3. The molecule has 0 saturated carbocycles. The van der Waals surface area contributed by atoms with Crippen molar-refractivity contribution in [2.24, 2.45) is 0 Å². The summed E-state index contributed by atoms with van der Waals surface area (Å²) in [4.78, 5) is 16.9. The van der Waals surface area contributed by atoms with E-state index in [4.69, 9.17) is 16.3 Å². The number of hydrogen-bond acceptors (Lipinski definition) is 5. The van der Waals surface area contributed by atoms with Crippen LogP contribution in [0.5, 0.6) is 0 Å². The molecule has 1 atom stereocenters. The van der Waals surface area contributed by atoms with Gasteiger partial charge in [-0.15, -0.1) is 11.6 Å². The molecule has 1 N–H and O–H groups in total. The van der Waals surface area contributed by atoms with Crippen molar-refractivity contribution < 1.29 is 9.53 Å². The van der Waals surface area contributed by atoms with E-state index >= 15 is 0 Å². The van der Waals surface area contributed by atoms with Crippen molar-refractivity contribution in [3.63, 3.8) is 0 Å². The number of nitrogens with one attached hydrogen (secondary N) is 1. The highest BCUT2D eigenvalue weighted by Crippen LogP contribution is 2.35. The van der Waals surface area contributed by atoms with Crippen molar-refractivity contribution in [2.45, 2.75) is 45.7 Å². The molecule has 1 aliphatic rings. The number of allylic oxidation sites excluding steroid dienone is 4. The van der Waals surface area contributed by atoms with E-state index in [9.17, 15) is 4.79 Å². The number of benzene rings is 1. The predicted molar refractivity (Wildman–Crippen MR) is 122 cm³/mol. The topological polar surface area (TPSA) is 69.0 Å². The third kappa shape index (κ3) is 4.27. The van der Waals surface area contributed by atoms with E-state index in [0.29, 0.717) is 5.00 Å². The number of fused-ring (bicyclic) bond motifs is 1. The van der Waals surface area contributed by atoms with E-state index in [1.807, 2.05) is 48.2 Å². The Morgan fingerprint density at radius 2 is 2.23 bits per heavy atom. The van der Waals surface area contributed by atoms with Crippen LogP contribution in [-0.4, -0.2) is 26.2 Å². The largest absolute Gasteiger partial charge is 0.444 e. The molecule has 0 spiro atoms. The molecule has 1 unspecified atom stereocenters. The molecule has 2 heterocycles. The van der Waals surface area contributed by atoms with Gasteiger partial charge in [0.1, 0.15) is 16.6 Å². The number of nitrogens with zero attached hydrogens (tertiary/aromatic N) is 3. The summed E-state index contributed by atoms with van der Waals surface area (Å²) >= 11 is 7.62. The summed E-state index contributed by atoms with van der Waals surface area (Å²) < 4.78 is 7.35. The van der Waals surface area contributed by atoms with Gasteiger partial charge in [-0.3, -0.25) is 10.00 Å². The summed E-state index contributed by atoms with van der Waals surface area (Å²) in [6, 6.07) is 5.95. The van der Waals surface area contributed by atoms with Crippen molar-refractivity contribution in [1.82, 2.24) is 14.8 Å². The zero-order valence-corrected chi connectivity index (χ0v) is 18.7. The number of thiazole rings is 1. The molecule has 0 aliphatic heterocycles. The first-order valence-electron chi connectivity index (χ1n) is 9.82. The Kier molecular flexibility index (Phi) is 5.92. The number of carbonyl (C=O) groups is 1. The van der Waals surface area contributed by atoms with Crippen LogP contribution in [0.2, 0.25) is 0 Å². The summed E-state index contributed by atoms with van der Waals surface area (Å²) in [5.41, 5.74) is 5.02. The van der Waals surface area contributed by atoms with Gasteiger partial charge in [0, 0.05) is 17.5 Å². The molecule has 3 aromatic rings. The molecule has 156 valence electrons. The number of aryl methyl sites for hydroxylation is 2. The van der Waals surface area contributed by atoms with Gasteiger partial charge in [0.05, 0.1) is 22.8 Å². The molecule has 0 radical (unpaired) electrons. The third-order valence-electron chi connectivity index (χ3n) is 5.05. The quantitative estimate of drug-likeness (QED) is 0.498. The van der Waals surface area contributed by atoms with E-state index < -0.39 is 6.09 Å². The van der Waals surface area contributed by atoms with E-state index in [2.05, 4.69) is 29.2 Å². The molecule has 6 nitrogen and oxygen atoms in total. The zero-order valence-electron chi connectivity index (χ0n) is 17.1. The summed E-state index contributed by atoms with van der Waals surface area (Å²) in [7, 11) is 0. The maximum atomic E-state index is 12.3. The second-order valence-corrected chi connectivity index (χ2v) is 8.82. The number of alkyl halides is 1. The molecule has 8 heteroatoms. The number of ether oxygens (including phenoxy) is 1. The Balaban J connectivity index is 1.40. The first-order valence-corrected chi connectivity index (χ1v) is 11.1. The second kappa shape index (κ2) is 8.62. The van der Waals surface area contributed by atoms with Crippen LogP contribution >= 0.6 is 22.9 Å². The minimum atomic E-state index is -0.497. The molecule has 1 aromatic carbocycles. The van der Waals surface area contributed by atoms with Crippen LogP contribution in [0.1, 0.15) is 36.5 Å². The van der Waals surface area contributed by atoms with Gasteiger partial charge in [-0.25, -0.2) is 9.78 Å². The Bertz CT molecular complexity index is 1160. The fourth-order valence-electron chi connectivity index (χ4n) is 3.45. The molecule has 0 fully saturated rings. The highest BCUT2D eigenvalue weighted by atomic mass is 35.5. The number of anilines is 1. The van der Waals surface area contributed by atoms with Crippen LogP contribution in [-0.2, 0) is 17.9 Å². The van der Waals surface area contributed by atoms with E-state index in [-0.39, 0.29) is 12.0 Å². The Labute approximate surface area is 184 Å². The Hall–Kier alpha value is -2.64. The Morgan fingerprint density at radius 1 is 1.40 bits per heavy atom. The molecule has 30 heavy (non-hydrogen) atoms. The lowest BCUT2D eigenvalue weighted by molar-refractivity contribution is 0.155. The van der Waals surface area contributed by atoms with Gasteiger partial charge in [0.25, 0.3) is 0 Å². The smallest absolute Gasteiger partial charge is 0.412 e. The summed E-state index contributed by atoms with van der Waals surface area (Å²) in [6.07, 6.45) is 6.12. The lowest BCUT2D eigenvalue weighted by atomic mass is 9.99. The van der Waals surface area contributed by atoms with Gasteiger partial charge in [0.2, 0.25) is 0 Å².